The van der Waals surface area contributed by atoms with Gasteiger partial charge in [-0.15, -0.1) is 0 Å². The van der Waals surface area contributed by atoms with Gasteiger partial charge in [0.15, 0.2) is 0 Å². The van der Waals surface area contributed by atoms with Gasteiger partial charge in [0.25, 0.3) is 0 Å². The van der Waals surface area contributed by atoms with Crippen molar-refractivity contribution in [2.24, 2.45) is 0 Å². The van der Waals surface area contributed by atoms with Crippen molar-refractivity contribution in [2.45, 2.75) is 26.2 Å². The van der Waals surface area contributed by atoms with E-state index in [9.17, 15) is 4.79 Å². The zero-order chi connectivity index (χ0) is 10.6. The van der Waals surface area contributed by atoms with E-state index < -0.39 is 0 Å². The second-order valence-electron chi connectivity index (χ2n) is 2.80. The highest BCUT2D eigenvalue weighted by molar-refractivity contribution is 5.66. The quantitative estimate of drug-likeness (QED) is 0.525. The van der Waals surface area contributed by atoms with Gasteiger partial charge in [-0.05, 0) is 19.3 Å². The first-order valence-corrected chi connectivity index (χ1v) is 4.93. The summed E-state index contributed by atoms with van der Waals surface area (Å²) in [5.41, 5.74) is 0. The molecule has 0 aliphatic rings. The summed E-state index contributed by atoms with van der Waals surface area (Å²) >= 11 is 0. The summed E-state index contributed by atoms with van der Waals surface area (Å²) in [5, 5.41) is 2.57. The van der Waals surface area contributed by atoms with Gasteiger partial charge in [0.05, 0.1) is 7.11 Å². The third kappa shape index (κ3) is 8.84. The molecule has 1 amide bonds. The Labute approximate surface area is 85.8 Å². The first kappa shape index (κ1) is 12.8. The average Bonchev–Trinajstić information content (AvgIpc) is 2.21. The van der Waals surface area contributed by atoms with Gasteiger partial charge in [-0.25, -0.2) is 4.79 Å². The lowest BCUT2D eigenvalue weighted by molar-refractivity contribution is 0.172. The molecule has 0 fully saturated rings. The van der Waals surface area contributed by atoms with Crippen LogP contribution in [0.3, 0.4) is 0 Å². The standard InChI is InChI=1S/C11H19NO2/c1-3-4-5-6-7-8-9-10-12-11(13)14-2/h4-5,8-9H,3,6-7,10H2,1-2H3,(H,12,13)/b5-4-,9-8+. The molecule has 80 valence electrons. The number of amides is 1. The predicted octanol–water partition coefficient (Wildman–Crippen LogP) is 2.65. The van der Waals surface area contributed by atoms with Crippen LogP contribution in [0.4, 0.5) is 4.79 Å². The number of methoxy groups -OCH3 is 1. The van der Waals surface area contributed by atoms with Crippen LogP contribution >= 0.6 is 0 Å². The Kier molecular flexibility index (Phi) is 8.96. The van der Waals surface area contributed by atoms with Crippen molar-refractivity contribution < 1.29 is 9.53 Å². The van der Waals surface area contributed by atoms with Crippen LogP contribution in [0.1, 0.15) is 26.2 Å². The van der Waals surface area contributed by atoms with E-state index in [0.29, 0.717) is 6.54 Å². The fourth-order valence-electron chi connectivity index (χ4n) is 0.893. The summed E-state index contributed by atoms with van der Waals surface area (Å²) in [6, 6.07) is 0. The normalized spacial score (nSPS) is 11.0. The van der Waals surface area contributed by atoms with Gasteiger partial charge in [0, 0.05) is 6.54 Å². The van der Waals surface area contributed by atoms with Gasteiger partial charge < -0.3 is 10.1 Å². The number of hydrogen-bond acceptors (Lipinski definition) is 2. The smallest absolute Gasteiger partial charge is 0.407 e. The minimum absolute atomic E-state index is 0.388. The average molecular weight is 197 g/mol. The first-order chi connectivity index (χ1) is 6.81. The maximum absolute atomic E-state index is 10.6. The number of rotatable bonds is 6. The van der Waals surface area contributed by atoms with Crippen molar-refractivity contribution in [2.75, 3.05) is 13.7 Å². The molecule has 0 aliphatic heterocycles. The van der Waals surface area contributed by atoms with Gasteiger partial charge in [-0.2, -0.15) is 0 Å². The third-order valence-corrected chi connectivity index (χ3v) is 1.62. The van der Waals surface area contributed by atoms with Gasteiger partial charge in [0.2, 0.25) is 0 Å². The summed E-state index contributed by atoms with van der Waals surface area (Å²) < 4.78 is 4.41. The number of nitrogens with one attached hydrogen (secondary N) is 1. The molecule has 0 atom stereocenters. The maximum Gasteiger partial charge on any atom is 0.407 e. The maximum atomic E-state index is 10.6. The lowest BCUT2D eigenvalue weighted by atomic mass is 10.2. The van der Waals surface area contributed by atoms with Crippen molar-refractivity contribution in [1.82, 2.24) is 5.32 Å². The zero-order valence-electron chi connectivity index (χ0n) is 8.95. The molecule has 0 saturated heterocycles. The zero-order valence-corrected chi connectivity index (χ0v) is 8.95. The van der Waals surface area contributed by atoms with Crippen molar-refractivity contribution >= 4 is 6.09 Å². The van der Waals surface area contributed by atoms with Crippen LogP contribution in [-0.4, -0.2) is 19.7 Å². The Balaban J connectivity index is 3.27. The fraction of sp³-hybridized carbons (Fsp3) is 0.545. The van der Waals surface area contributed by atoms with E-state index in [1.54, 1.807) is 0 Å². The summed E-state index contributed by atoms with van der Waals surface area (Å²) in [5.74, 6) is 0. The molecule has 0 aromatic carbocycles. The van der Waals surface area contributed by atoms with Crippen LogP contribution in [0.25, 0.3) is 0 Å². The monoisotopic (exact) mass is 197 g/mol. The first-order valence-electron chi connectivity index (χ1n) is 4.93. The number of hydrogen-bond donors (Lipinski definition) is 1. The molecule has 3 nitrogen and oxygen atoms in total. The molecular formula is C11H19NO2. The second-order valence-corrected chi connectivity index (χ2v) is 2.80. The molecule has 0 aliphatic carbocycles. The largest absolute Gasteiger partial charge is 0.453 e. The lowest BCUT2D eigenvalue weighted by Gasteiger charge is -1.97. The molecule has 0 heterocycles. The van der Waals surface area contributed by atoms with Gasteiger partial charge in [0.1, 0.15) is 0 Å². The number of unbranched alkanes of at least 4 members (excludes halogenated alkanes) is 1. The highest BCUT2D eigenvalue weighted by atomic mass is 16.5. The topological polar surface area (TPSA) is 38.3 Å². The molecule has 0 aromatic rings. The minimum atomic E-state index is -0.388. The van der Waals surface area contributed by atoms with Crippen LogP contribution in [-0.2, 0) is 4.74 Å². The third-order valence-electron chi connectivity index (χ3n) is 1.62. The molecule has 0 unspecified atom stereocenters. The van der Waals surface area contributed by atoms with Crippen LogP contribution < -0.4 is 5.32 Å². The number of allylic oxidation sites excluding steroid dienone is 3. The minimum Gasteiger partial charge on any atom is -0.453 e. The van der Waals surface area contributed by atoms with Gasteiger partial charge in [-0.1, -0.05) is 31.2 Å². The summed E-state index contributed by atoms with van der Waals surface area (Å²) in [4.78, 5) is 10.6. The summed E-state index contributed by atoms with van der Waals surface area (Å²) in [6.45, 7) is 2.65. The van der Waals surface area contributed by atoms with Crippen molar-refractivity contribution in [3.63, 3.8) is 0 Å². The molecule has 0 rings (SSSR count). The number of carbonyl (C=O) groups excluding carboxylic acids is 1. The van der Waals surface area contributed by atoms with E-state index >= 15 is 0 Å². The van der Waals surface area contributed by atoms with E-state index in [2.05, 4.69) is 35.2 Å². The van der Waals surface area contributed by atoms with E-state index in [-0.39, 0.29) is 6.09 Å². The van der Waals surface area contributed by atoms with E-state index in [1.165, 1.54) is 7.11 Å². The van der Waals surface area contributed by atoms with Crippen molar-refractivity contribution in [3.8, 4) is 0 Å². The van der Waals surface area contributed by atoms with Crippen LogP contribution in [0.5, 0.6) is 0 Å². The number of alkyl carbamates (subject to hydrolysis) is 1. The molecule has 0 saturated carbocycles. The molecular weight excluding hydrogens is 178 g/mol. The summed E-state index contributed by atoms with van der Waals surface area (Å²) in [6.07, 6.45) is 11.1. The molecule has 0 spiro atoms. The second kappa shape index (κ2) is 9.84. The van der Waals surface area contributed by atoms with Gasteiger partial charge in [-0.3, -0.25) is 0 Å². The van der Waals surface area contributed by atoms with E-state index in [4.69, 9.17) is 0 Å². The molecule has 0 bridgehead atoms. The Morgan fingerprint density at radius 2 is 1.86 bits per heavy atom. The Morgan fingerprint density at radius 1 is 1.21 bits per heavy atom. The van der Waals surface area contributed by atoms with Gasteiger partial charge >= 0.3 is 6.09 Å². The van der Waals surface area contributed by atoms with E-state index in [0.717, 1.165) is 19.3 Å². The molecule has 14 heavy (non-hydrogen) atoms. The number of ether oxygens (including phenoxy) is 1. The Hall–Kier alpha value is -1.25. The van der Waals surface area contributed by atoms with Crippen molar-refractivity contribution in [3.05, 3.63) is 24.3 Å². The highest BCUT2D eigenvalue weighted by Gasteiger charge is 1.91. The van der Waals surface area contributed by atoms with E-state index in [1.807, 2.05) is 6.08 Å². The predicted molar refractivity (Wildman–Crippen MR) is 58.2 cm³/mol. The summed E-state index contributed by atoms with van der Waals surface area (Å²) in [7, 11) is 1.36. The fourth-order valence-corrected chi connectivity index (χ4v) is 0.893. The Morgan fingerprint density at radius 3 is 2.43 bits per heavy atom. The van der Waals surface area contributed by atoms with Crippen molar-refractivity contribution in [1.29, 1.82) is 0 Å². The SMILES string of the molecule is CC/C=C\CC/C=C/CNC(=O)OC. The highest BCUT2D eigenvalue weighted by Crippen LogP contribution is 1.93. The molecule has 1 N–H and O–H groups in total. The van der Waals surface area contributed by atoms with Crippen LogP contribution in [0, 0.1) is 0 Å². The molecule has 0 aromatic heterocycles. The van der Waals surface area contributed by atoms with Crippen LogP contribution in [0.2, 0.25) is 0 Å². The molecule has 0 radical (unpaired) electrons. The molecule has 3 heteroatoms. The Bertz CT molecular complexity index is 197. The lowest BCUT2D eigenvalue weighted by Crippen LogP contribution is -2.22. The van der Waals surface area contributed by atoms with Crippen LogP contribution in [0.15, 0.2) is 24.3 Å². The number of carbonyl (C=O) groups is 1.